The van der Waals surface area contributed by atoms with Crippen molar-refractivity contribution in [2.45, 2.75) is 6.42 Å². The molecule has 0 bridgehead atoms. The largest absolute Gasteiger partial charge is 0.337 e. The van der Waals surface area contributed by atoms with Crippen LogP contribution in [0.4, 0.5) is 4.39 Å². The monoisotopic (exact) mass is 404 g/mol. The molecule has 0 spiro atoms. The number of rotatable bonds is 2. The summed E-state index contributed by atoms with van der Waals surface area (Å²) in [6.07, 6.45) is 0.692. The van der Waals surface area contributed by atoms with Gasteiger partial charge in [-0.25, -0.2) is 4.39 Å². The maximum absolute atomic E-state index is 13.3. The van der Waals surface area contributed by atoms with Gasteiger partial charge in [-0.15, -0.1) is 0 Å². The molecule has 1 fully saturated rings. The topological polar surface area (TPSA) is 40.6 Å². The van der Waals surface area contributed by atoms with Crippen LogP contribution in [0.25, 0.3) is 0 Å². The molecule has 1 aliphatic rings. The van der Waals surface area contributed by atoms with Crippen LogP contribution in [0.5, 0.6) is 0 Å². The summed E-state index contributed by atoms with van der Waals surface area (Å²) < 4.78 is 14.1. The molecule has 0 aromatic heterocycles. The molecule has 1 aliphatic heterocycles. The maximum atomic E-state index is 13.3. The SMILES string of the molecule is O=C(c1cccc(F)c1)N1CCCN(C(=O)c2ccccc2Br)CC1. The lowest BCUT2D eigenvalue weighted by Gasteiger charge is -2.22. The van der Waals surface area contributed by atoms with Crippen molar-refractivity contribution in [3.8, 4) is 0 Å². The third-order valence-corrected chi connectivity index (χ3v) is 4.94. The van der Waals surface area contributed by atoms with Crippen molar-refractivity contribution in [2.24, 2.45) is 0 Å². The molecule has 0 saturated carbocycles. The summed E-state index contributed by atoms with van der Waals surface area (Å²) in [5, 5.41) is 0. The molecule has 1 saturated heterocycles. The molecular formula is C19H18BrFN2O2. The first-order chi connectivity index (χ1) is 12.1. The maximum Gasteiger partial charge on any atom is 0.255 e. The van der Waals surface area contributed by atoms with Crippen molar-refractivity contribution in [1.29, 1.82) is 0 Å². The van der Waals surface area contributed by atoms with Crippen LogP contribution < -0.4 is 0 Å². The average Bonchev–Trinajstić information content (AvgIpc) is 2.87. The highest BCUT2D eigenvalue weighted by molar-refractivity contribution is 9.10. The number of hydrogen-bond donors (Lipinski definition) is 0. The molecule has 0 radical (unpaired) electrons. The summed E-state index contributed by atoms with van der Waals surface area (Å²) in [7, 11) is 0. The van der Waals surface area contributed by atoms with Gasteiger partial charge < -0.3 is 9.80 Å². The van der Waals surface area contributed by atoms with Gasteiger partial charge in [0.25, 0.3) is 11.8 Å². The number of carbonyl (C=O) groups excluding carboxylic acids is 2. The Labute approximate surface area is 154 Å². The molecule has 3 rings (SSSR count). The standard InChI is InChI=1S/C19H18BrFN2O2/c20-17-8-2-1-7-16(17)19(25)23-10-4-9-22(11-12-23)18(24)14-5-3-6-15(21)13-14/h1-3,5-8,13H,4,9-12H2. The van der Waals surface area contributed by atoms with Crippen molar-refractivity contribution in [3.63, 3.8) is 0 Å². The summed E-state index contributed by atoms with van der Waals surface area (Å²) in [5.41, 5.74) is 0.956. The summed E-state index contributed by atoms with van der Waals surface area (Å²) in [6, 6.07) is 13.0. The molecule has 0 N–H and O–H groups in total. The van der Waals surface area contributed by atoms with Crippen molar-refractivity contribution in [2.75, 3.05) is 26.2 Å². The molecule has 2 aromatic rings. The van der Waals surface area contributed by atoms with Crippen molar-refractivity contribution in [3.05, 3.63) is 69.9 Å². The molecule has 0 aliphatic carbocycles. The first-order valence-corrected chi connectivity index (χ1v) is 8.94. The van der Waals surface area contributed by atoms with Crippen LogP contribution >= 0.6 is 15.9 Å². The van der Waals surface area contributed by atoms with E-state index in [1.807, 2.05) is 18.2 Å². The molecule has 25 heavy (non-hydrogen) atoms. The lowest BCUT2D eigenvalue weighted by atomic mass is 10.2. The third-order valence-electron chi connectivity index (χ3n) is 4.25. The minimum absolute atomic E-state index is 0.0486. The Morgan fingerprint density at radius 2 is 1.56 bits per heavy atom. The number of benzene rings is 2. The lowest BCUT2D eigenvalue weighted by molar-refractivity contribution is 0.0718. The highest BCUT2D eigenvalue weighted by Crippen LogP contribution is 2.19. The van der Waals surface area contributed by atoms with E-state index in [0.29, 0.717) is 43.7 Å². The molecule has 0 atom stereocenters. The molecule has 6 heteroatoms. The van der Waals surface area contributed by atoms with E-state index in [-0.39, 0.29) is 11.8 Å². The van der Waals surface area contributed by atoms with E-state index in [1.54, 1.807) is 21.9 Å². The van der Waals surface area contributed by atoms with Gasteiger partial charge in [0.05, 0.1) is 5.56 Å². The Bertz CT molecular complexity index is 796. The van der Waals surface area contributed by atoms with Gasteiger partial charge in [-0.1, -0.05) is 18.2 Å². The highest BCUT2D eigenvalue weighted by Gasteiger charge is 2.24. The Morgan fingerprint density at radius 1 is 0.880 bits per heavy atom. The van der Waals surface area contributed by atoms with Gasteiger partial charge >= 0.3 is 0 Å². The highest BCUT2D eigenvalue weighted by atomic mass is 79.9. The van der Waals surface area contributed by atoms with Crippen molar-refractivity contribution in [1.82, 2.24) is 9.80 Å². The zero-order valence-corrected chi connectivity index (χ0v) is 15.2. The Kier molecular flexibility index (Phi) is 5.48. The normalized spacial score (nSPS) is 15.0. The molecule has 2 amide bonds. The Hall–Kier alpha value is -2.21. The Morgan fingerprint density at radius 3 is 2.24 bits per heavy atom. The van der Waals surface area contributed by atoms with Gasteiger partial charge in [0, 0.05) is 36.2 Å². The van der Waals surface area contributed by atoms with E-state index in [0.717, 1.165) is 4.47 Å². The molecule has 2 aromatic carbocycles. The number of halogens is 2. The van der Waals surface area contributed by atoms with E-state index in [4.69, 9.17) is 0 Å². The smallest absolute Gasteiger partial charge is 0.255 e. The van der Waals surface area contributed by atoms with Crippen molar-refractivity contribution >= 4 is 27.7 Å². The van der Waals surface area contributed by atoms with E-state index in [2.05, 4.69) is 15.9 Å². The summed E-state index contributed by atoms with van der Waals surface area (Å²) in [4.78, 5) is 28.7. The van der Waals surface area contributed by atoms with Crippen LogP contribution in [0.2, 0.25) is 0 Å². The van der Waals surface area contributed by atoms with Gasteiger partial charge in [-0.3, -0.25) is 9.59 Å². The molecule has 0 unspecified atom stereocenters. The summed E-state index contributed by atoms with van der Waals surface area (Å²) in [6.45, 7) is 2.04. The van der Waals surface area contributed by atoms with E-state index in [1.165, 1.54) is 18.2 Å². The predicted molar refractivity (Wildman–Crippen MR) is 97.0 cm³/mol. The minimum Gasteiger partial charge on any atom is -0.337 e. The van der Waals surface area contributed by atoms with Gasteiger partial charge in [-0.2, -0.15) is 0 Å². The zero-order valence-electron chi connectivity index (χ0n) is 13.6. The van der Waals surface area contributed by atoms with Crippen LogP contribution in [-0.4, -0.2) is 47.8 Å². The second-order valence-electron chi connectivity index (χ2n) is 5.93. The van der Waals surface area contributed by atoms with Crippen LogP contribution in [0.15, 0.2) is 53.0 Å². The first kappa shape index (κ1) is 17.6. The van der Waals surface area contributed by atoms with Crippen LogP contribution in [0.3, 0.4) is 0 Å². The van der Waals surface area contributed by atoms with Crippen molar-refractivity contribution < 1.29 is 14.0 Å². The quantitative estimate of drug-likeness (QED) is 0.767. The van der Waals surface area contributed by atoms with Crippen LogP contribution in [0.1, 0.15) is 27.1 Å². The van der Waals surface area contributed by atoms with Gasteiger partial charge in [0.15, 0.2) is 0 Å². The van der Waals surface area contributed by atoms with E-state index >= 15 is 0 Å². The fourth-order valence-electron chi connectivity index (χ4n) is 2.93. The fraction of sp³-hybridized carbons (Fsp3) is 0.263. The van der Waals surface area contributed by atoms with Gasteiger partial charge in [-0.05, 0) is 52.7 Å². The fourth-order valence-corrected chi connectivity index (χ4v) is 3.39. The second kappa shape index (κ2) is 7.78. The molecule has 1 heterocycles. The second-order valence-corrected chi connectivity index (χ2v) is 6.78. The summed E-state index contributed by atoms with van der Waals surface area (Å²) >= 11 is 3.41. The van der Waals surface area contributed by atoms with Crippen LogP contribution in [0, 0.1) is 5.82 Å². The number of nitrogens with zero attached hydrogens (tertiary/aromatic N) is 2. The number of amides is 2. The molecule has 130 valence electrons. The summed E-state index contributed by atoms with van der Waals surface area (Å²) in [5.74, 6) is -0.673. The lowest BCUT2D eigenvalue weighted by Crippen LogP contribution is -2.37. The minimum atomic E-state index is -0.425. The van der Waals surface area contributed by atoms with Gasteiger partial charge in [0.2, 0.25) is 0 Å². The Balaban J connectivity index is 1.69. The first-order valence-electron chi connectivity index (χ1n) is 8.15. The zero-order chi connectivity index (χ0) is 17.8. The predicted octanol–water partition coefficient (Wildman–Crippen LogP) is 3.58. The van der Waals surface area contributed by atoms with Gasteiger partial charge in [0.1, 0.15) is 5.82 Å². The molecular weight excluding hydrogens is 387 g/mol. The molecule has 4 nitrogen and oxygen atoms in total. The van der Waals surface area contributed by atoms with E-state index < -0.39 is 5.82 Å². The number of carbonyl (C=O) groups is 2. The number of hydrogen-bond acceptors (Lipinski definition) is 2. The van der Waals surface area contributed by atoms with Crippen LogP contribution in [-0.2, 0) is 0 Å². The third kappa shape index (κ3) is 4.07. The van der Waals surface area contributed by atoms with E-state index in [9.17, 15) is 14.0 Å². The average molecular weight is 405 g/mol.